The van der Waals surface area contributed by atoms with E-state index in [9.17, 15) is 4.79 Å². The summed E-state index contributed by atoms with van der Waals surface area (Å²) in [6.07, 6.45) is 0. The molecule has 0 unspecified atom stereocenters. The van der Waals surface area contributed by atoms with Gasteiger partial charge in [0.05, 0.1) is 5.75 Å². The van der Waals surface area contributed by atoms with Crippen molar-refractivity contribution in [2.75, 3.05) is 17.7 Å². The Bertz CT molecular complexity index is 1190. The molecule has 0 N–H and O–H groups in total. The Labute approximate surface area is 184 Å². The van der Waals surface area contributed by atoms with E-state index in [0.717, 1.165) is 16.8 Å². The van der Waals surface area contributed by atoms with Gasteiger partial charge in [0.1, 0.15) is 0 Å². The van der Waals surface area contributed by atoms with E-state index in [0.29, 0.717) is 29.2 Å². The lowest BCUT2D eigenvalue weighted by Crippen LogP contribution is -2.27. The molecule has 2 aromatic carbocycles. The molecule has 4 rings (SSSR count). The Hall–Kier alpha value is -3.46. The first kappa shape index (κ1) is 20.8. The zero-order valence-corrected chi connectivity index (χ0v) is 18.3. The third-order valence-corrected chi connectivity index (χ3v) is 5.72. The van der Waals surface area contributed by atoms with Crippen LogP contribution in [0, 0.1) is 6.92 Å². The van der Waals surface area contributed by atoms with Crippen molar-refractivity contribution < 1.29 is 9.32 Å². The topological polar surface area (TPSA) is 89.9 Å². The van der Waals surface area contributed by atoms with Crippen LogP contribution >= 0.6 is 11.8 Å². The molecule has 4 aromatic rings. The number of anilines is 1. The van der Waals surface area contributed by atoms with Crippen LogP contribution < -0.4 is 4.90 Å². The van der Waals surface area contributed by atoms with E-state index in [1.165, 1.54) is 11.8 Å². The molecule has 0 aliphatic heterocycles. The van der Waals surface area contributed by atoms with Gasteiger partial charge in [0.25, 0.3) is 5.89 Å². The van der Waals surface area contributed by atoms with Crippen molar-refractivity contribution >= 4 is 23.4 Å². The third kappa shape index (κ3) is 4.51. The lowest BCUT2D eigenvalue weighted by atomic mass is 10.1. The summed E-state index contributed by atoms with van der Waals surface area (Å²) >= 11 is 1.33. The number of thioether (sulfide) groups is 1. The lowest BCUT2D eigenvalue weighted by Gasteiger charge is -2.16. The SMILES string of the molecule is CCn1c(SCC(=O)N(C)c2ccccc2)nnc1-c1nc(-c2cccc(C)c2)no1. The summed E-state index contributed by atoms with van der Waals surface area (Å²) in [5.41, 5.74) is 2.84. The van der Waals surface area contributed by atoms with Crippen molar-refractivity contribution in [3.63, 3.8) is 0 Å². The molecular formula is C22H22N6O2S. The normalized spacial score (nSPS) is 10.9. The zero-order chi connectivity index (χ0) is 21.8. The summed E-state index contributed by atoms with van der Waals surface area (Å²) in [7, 11) is 1.76. The number of aryl methyl sites for hydroxylation is 1. The lowest BCUT2D eigenvalue weighted by molar-refractivity contribution is -0.115. The first-order valence-electron chi connectivity index (χ1n) is 9.85. The first-order chi connectivity index (χ1) is 15.1. The van der Waals surface area contributed by atoms with E-state index in [1.807, 2.05) is 73.0 Å². The van der Waals surface area contributed by atoms with Crippen molar-refractivity contribution in [3.8, 4) is 23.1 Å². The van der Waals surface area contributed by atoms with Crippen molar-refractivity contribution in [2.45, 2.75) is 25.5 Å². The summed E-state index contributed by atoms with van der Waals surface area (Å²) in [6, 6.07) is 17.4. The van der Waals surface area contributed by atoms with E-state index >= 15 is 0 Å². The molecule has 31 heavy (non-hydrogen) atoms. The van der Waals surface area contributed by atoms with Crippen molar-refractivity contribution in [1.82, 2.24) is 24.9 Å². The van der Waals surface area contributed by atoms with Crippen molar-refractivity contribution in [1.29, 1.82) is 0 Å². The smallest absolute Gasteiger partial charge is 0.296 e. The second kappa shape index (κ2) is 9.13. The fourth-order valence-electron chi connectivity index (χ4n) is 3.07. The van der Waals surface area contributed by atoms with Gasteiger partial charge >= 0.3 is 0 Å². The summed E-state index contributed by atoms with van der Waals surface area (Å²) in [4.78, 5) is 18.7. The Balaban J connectivity index is 1.50. The average Bonchev–Trinajstić information content (AvgIpc) is 3.44. The van der Waals surface area contributed by atoms with Crippen LogP contribution in [-0.2, 0) is 11.3 Å². The van der Waals surface area contributed by atoms with Crippen molar-refractivity contribution in [2.24, 2.45) is 0 Å². The van der Waals surface area contributed by atoms with Crippen LogP contribution in [0.15, 0.2) is 64.3 Å². The number of benzene rings is 2. The molecule has 2 aromatic heterocycles. The van der Waals surface area contributed by atoms with Gasteiger partial charge < -0.3 is 9.42 Å². The highest BCUT2D eigenvalue weighted by atomic mass is 32.2. The molecule has 0 fully saturated rings. The molecule has 0 radical (unpaired) electrons. The van der Waals surface area contributed by atoms with Crippen LogP contribution in [0.2, 0.25) is 0 Å². The molecular weight excluding hydrogens is 412 g/mol. The number of amides is 1. The number of nitrogens with zero attached hydrogens (tertiary/aromatic N) is 6. The Kier molecular flexibility index (Phi) is 6.13. The van der Waals surface area contributed by atoms with Crippen molar-refractivity contribution in [3.05, 3.63) is 60.2 Å². The van der Waals surface area contributed by atoms with Crippen LogP contribution in [0.1, 0.15) is 12.5 Å². The summed E-state index contributed by atoms with van der Waals surface area (Å²) in [5, 5.41) is 13.2. The number of para-hydroxylation sites is 1. The van der Waals surface area contributed by atoms with Gasteiger partial charge in [-0.05, 0) is 32.0 Å². The minimum absolute atomic E-state index is 0.0251. The number of carbonyl (C=O) groups is 1. The number of carbonyl (C=O) groups excluding carboxylic acids is 1. The van der Waals surface area contributed by atoms with Gasteiger partial charge in [0.2, 0.25) is 17.6 Å². The highest BCUT2D eigenvalue weighted by Gasteiger charge is 2.21. The van der Waals surface area contributed by atoms with E-state index in [-0.39, 0.29) is 11.7 Å². The fraction of sp³-hybridized carbons (Fsp3) is 0.227. The number of rotatable bonds is 7. The van der Waals surface area contributed by atoms with Crippen LogP contribution in [0.25, 0.3) is 23.1 Å². The zero-order valence-electron chi connectivity index (χ0n) is 17.5. The first-order valence-corrected chi connectivity index (χ1v) is 10.8. The van der Waals surface area contributed by atoms with Gasteiger partial charge in [0, 0.05) is 24.8 Å². The Morgan fingerprint density at radius 2 is 1.94 bits per heavy atom. The predicted octanol–water partition coefficient (Wildman–Crippen LogP) is 4.08. The molecule has 9 heteroatoms. The number of aromatic nitrogens is 5. The second-order valence-corrected chi connectivity index (χ2v) is 7.86. The third-order valence-electron chi connectivity index (χ3n) is 4.77. The minimum Gasteiger partial charge on any atom is -0.330 e. The van der Waals surface area contributed by atoms with Crippen LogP contribution in [0.3, 0.4) is 0 Å². The van der Waals surface area contributed by atoms with Crippen LogP contribution in [0.4, 0.5) is 5.69 Å². The van der Waals surface area contributed by atoms with E-state index in [4.69, 9.17) is 4.52 Å². The molecule has 0 aliphatic carbocycles. The van der Waals surface area contributed by atoms with Gasteiger partial charge in [-0.25, -0.2) is 0 Å². The largest absolute Gasteiger partial charge is 0.330 e. The number of hydrogen-bond acceptors (Lipinski definition) is 7. The van der Waals surface area contributed by atoms with Gasteiger partial charge in [-0.1, -0.05) is 58.9 Å². The molecule has 0 saturated heterocycles. The highest BCUT2D eigenvalue weighted by molar-refractivity contribution is 7.99. The van der Waals surface area contributed by atoms with Gasteiger partial charge in [-0.15, -0.1) is 10.2 Å². The van der Waals surface area contributed by atoms with Gasteiger partial charge in [0.15, 0.2) is 5.16 Å². The van der Waals surface area contributed by atoms with E-state index in [2.05, 4.69) is 20.3 Å². The molecule has 8 nitrogen and oxygen atoms in total. The minimum atomic E-state index is -0.0251. The summed E-state index contributed by atoms with van der Waals surface area (Å²) in [6.45, 7) is 4.60. The summed E-state index contributed by atoms with van der Waals surface area (Å²) in [5.74, 6) is 1.49. The molecule has 0 bridgehead atoms. The van der Waals surface area contributed by atoms with E-state index in [1.54, 1.807) is 11.9 Å². The van der Waals surface area contributed by atoms with E-state index < -0.39 is 0 Å². The second-order valence-electron chi connectivity index (χ2n) is 6.92. The monoisotopic (exact) mass is 434 g/mol. The highest BCUT2D eigenvalue weighted by Crippen LogP contribution is 2.26. The maximum Gasteiger partial charge on any atom is 0.296 e. The molecule has 2 heterocycles. The summed E-state index contributed by atoms with van der Waals surface area (Å²) < 4.78 is 7.32. The maximum absolute atomic E-state index is 12.6. The van der Waals surface area contributed by atoms with Crippen LogP contribution in [0.5, 0.6) is 0 Å². The molecule has 0 atom stereocenters. The average molecular weight is 435 g/mol. The predicted molar refractivity (Wildman–Crippen MR) is 120 cm³/mol. The molecule has 0 saturated carbocycles. The molecule has 158 valence electrons. The van der Waals surface area contributed by atoms with Gasteiger partial charge in [-0.2, -0.15) is 4.98 Å². The standard InChI is InChI=1S/C22H22N6O2S/c1-4-28-20(21-23-19(26-30-21)16-10-8-9-15(2)13-16)24-25-22(28)31-14-18(29)27(3)17-11-6-5-7-12-17/h5-13H,4,14H2,1-3H3. The molecule has 1 amide bonds. The Morgan fingerprint density at radius 3 is 2.68 bits per heavy atom. The van der Waals surface area contributed by atoms with Gasteiger partial charge in [-0.3, -0.25) is 9.36 Å². The molecule has 0 spiro atoms. The maximum atomic E-state index is 12.6. The number of hydrogen-bond donors (Lipinski definition) is 0. The van der Waals surface area contributed by atoms with Crippen LogP contribution in [-0.4, -0.2) is 43.6 Å². The fourth-order valence-corrected chi connectivity index (χ4v) is 3.99. The molecule has 0 aliphatic rings. The quantitative estimate of drug-likeness (QED) is 0.405. The Morgan fingerprint density at radius 1 is 1.13 bits per heavy atom.